The molecule has 0 spiro atoms. The standard InChI is InChI=1S/C38H29BN6O3S2/c46-32(16-8-1-9-25-21-22-49-50-25)47-23-17-19-24(20-18-23)48-39-44-35-28-12-4-6-14-30(28)37(44)43-38-31-15-7-5-13-29(31)36(45(38)39)42-34-27-11-3-2-10-26(27)33(40-34)41-35/h2-7,10-15,17-20,25H,1,8-9,16,21-22H2. The van der Waals surface area contributed by atoms with Crippen LogP contribution in [0.1, 0.15) is 43.2 Å². The van der Waals surface area contributed by atoms with Crippen molar-refractivity contribution in [2.45, 2.75) is 37.4 Å². The van der Waals surface area contributed by atoms with Crippen LogP contribution in [0, 0.1) is 0 Å². The van der Waals surface area contributed by atoms with E-state index in [0.717, 1.165) is 68.5 Å². The van der Waals surface area contributed by atoms with E-state index in [2.05, 4.69) is 24.3 Å². The van der Waals surface area contributed by atoms with Crippen LogP contribution in [0.5, 0.6) is 11.5 Å². The van der Waals surface area contributed by atoms with Gasteiger partial charge in [-0.05, 0) is 43.5 Å². The first-order valence-corrected chi connectivity index (χ1v) is 19.3. The van der Waals surface area contributed by atoms with Crippen LogP contribution >= 0.6 is 21.6 Å². The third-order valence-electron chi connectivity index (χ3n) is 9.61. The van der Waals surface area contributed by atoms with Crippen molar-refractivity contribution in [1.82, 2.24) is 8.96 Å². The van der Waals surface area contributed by atoms with Crippen LogP contribution in [0.4, 0.5) is 11.6 Å². The molecule has 0 N–H and O–H groups in total. The molecule has 12 heteroatoms. The first-order chi connectivity index (χ1) is 24.7. The summed E-state index contributed by atoms with van der Waals surface area (Å²) in [5.41, 5.74) is 3.31. The molecule has 50 heavy (non-hydrogen) atoms. The number of ether oxygens (including phenoxy) is 1. The number of carbonyl (C=O) groups is 1. The molecule has 244 valence electrons. The van der Waals surface area contributed by atoms with E-state index in [-0.39, 0.29) is 5.97 Å². The minimum absolute atomic E-state index is 0.212. The molecular formula is C38H29BN6O3S2. The molecule has 4 bridgehead atoms. The highest BCUT2D eigenvalue weighted by Crippen LogP contribution is 2.42. The molecule has 4 aliphatic rings. The fraction of sp³-hybridized carbons (Fsp3) is 0.184. The van der Waals surface area contributed by atoms with Crippen LogP contribution in [0.15, 0.2) is 117 Å². The molecule has 4 aliphatic heterocycles. The summed E-state index contributed by atoms with van der Waals surface area (Å²) in [6.07, 6.45) is 4.72. The Hall–Kier alpha value is -5.07. The predicted octanol–water partition coefficient (Wildman–Crippen LogP) is 7.41. The van der Waals surface area contributed by atoms with Gasteiger partial charge in [-0.25, -0.2) is 20.0 Å². The highest BCUT2D eigenvalue weighted by Gasteiger charge is 2.40. The maximum absolute atomic E-state index is 12.7. The number of hydrogen-bond acceptors (Lipinski definition) is 9. The summed E-state index contributed by atoms with van der Waals surface area (Å²) < 4.78 is 16.7. The van der Waals surface area contributed by atoms with Gasteiger partial charge in [0.25, 0.3) is 0 Å². The van der Waals surface area contributed by atoms with Gasteiger partial charge >= 0.3 is 13.2 Å². The predicted molar refractivity (Wildman–Crippen MR) is 201 cm³/mol. The Bertz CT molecular complexity index is 2550. The lowest BCUT2D eigenvalue weighted by molar-refractivity contribution is -0.134. The highest BCUT2D eigenvalue weighted by atomic mass is 33.1. The molecule has 1 atom stereocenters. The largest absolute Gasteiger partial charge is 0.633 e. The molecule has 1 saturated heterocycles. The van der Waals surface area contributed by atoms with Gasteiger partial charge in [-0.3, -0.25) is 13.8 Å². The number of fused-ring (bicyclic) bond motifs is 10. The van der Waals surface area contributed by atoms with E-state index in [0.29, 0.717) is 40.9 Å². The van der Waals surface area contributed by atoms with Crippen LogP contribution in [0.3, 0.4) is 0 Å². The molecule has 0 radical (unpaired) electrons. The number of carbonyl (C=O) groups excluding carboxylic acids is 1. The number of rotatable bonds is 8. The number of aromatic nitrogens is 2. The average molecular weight is 693 g/mol. The molecular weight excluding hydrogens is 663 g/mol. The Balaban J connectivity index is 1.06. The van der Waals surface area contributed by atoms with Gasteiger partial charge < -0.3 is 9.39 Å². The molecule has 10 rings (SSSR count). The second-order valence-electron chi connectivity index (χ2n) is 12.7. The lowest BCUT2D eigenvalue weighted by atomic mass is 9.98. The summed E-state index contributed by atoms with van der Waals surface area (Å²) in [5.74, 6) is 4.76. The number of nitrogens with zero attached hydrogens (tertiary/aromatic N) is 6. The van der Waals surface area contributed by atoms with Gasteiger partial charge in [0.1, 0.15) is 34.1 Å². The number of aliphatic imine (C=N–C) groups is 2. The van der Waals surface area contributed by atoms with Crippen LogP contribution in [-0.4, -0.2) is 44.8 Å². The zero-order chi connectivity index (χ0) is 33.2. The van der Waals surface area contributed by atoms with Gasteiger partial charge in [0, 0.05) is 50.1 Å². The van der Waals surface area contributed by atoms with Crippen LogP contribution in [0.2, 0.25) is 0 Å². The van der Waals surface area contributed by atoms with Gasteiger partial charge in [0.05, 0.1) is 0 Å². The van der Waals surface area contributed by atoms with E-state index in [1.807, 2.05) is 91.2 Å². The van der Waals surface area contributed by atoms with Crippen molar-refractivity contribution in [3.05, 3.63) is 119 Å². The van der Waals surface area contributed by atoms with Gasteiger partial charge in [-0.15, -0.1) is 0 Å². The summed E-state index contributed by atoms with van der Waals surface area (Å²) in [6, 6.07) is 31.7. The molecule has 1 fully saturated rings. The van der Waals surface area contributed by atoms with Gasteiger partial charge in [0.15, 0.2) is 11.7 Å². The zero-order valence-corrected chi connectivity index (χ0v) is 28.5. The van der Waals surface area contributed by atoms with E-state index < -0.39 is 7.19 Å². The van der Waals surface area contributed by atoms with Crippen LogP contribution < -0.4 is 20.4 Å². The lowest BCUT2D eigenvalue weighted by Crippen LogP contribution is -2.52. The molecule has 0 amide bonds. The lowest BCUT2D eigenvalue weighted by Gasteiger charge is -2.23. The topological polar surface area (TPSA) is 94.8 Å². The first-order valence-electron chi connectivity index (χ1n) is 16.9. The third kappa shape index (κ3) is 4.92. The third-order valence-corrected chi connectivity index (χ3v) is 12.6. The fourth-order valence-electron chi connectivity index (χ4n) is 7.22. The zero-order valence-electron chi connectivity index (χ0n) is 26.9. The number of hydrogen-bond donors (Lipinski definition) is 0. The molecule has 4 aromatic carbocycles. The Labute approximate surface area is 295 Å². The second-order valence-corrected chi connectivity index (χ2v) is 15.5. The van der Waals surface area contributed by atoms with Crippen molar-refractivity contribution >= 4 is 79.6 Å². The van der Waals surface area contributed by atoms with Gasteiger partial charge in [-0.2, -0.15) is 0 Å². The maximum Gasteiger partial charge on any atom is 0.633 e. The van der Waals surface area contributed by atoms with E-state index >= 15 is 0 Å². The van der Waals surface area contributed by atoms with Crippen molar-refractivity contribution in [3.8, 4) is 11.5 Å². The normalized spacial score (nSPS) is 16.8. The SMILES string of the molecule is O=C(CCCCC1CCSS1)Oc1ccc(OB2n3c4c5ccccc5c3N=c3c5ccccc5c(n32)=NC2=NC(=N4)c3ccccc32)cc1. The Morgan fingerprint density at radius 3 is 2.02 bits per heavy atom. The van der Waals surface area contributed by atoms with E-state index in [9.17, 15) is 4.79 Å². The number of amidine groups is 2. The van der Waals surface area contributed by atoms with Crippen molar-refractivity contribution in [2.24, 2.45) is 20.0 Å². The fourth-order valence-corrected chi connectivity index (χ4v) is 10.3. The summed E-state index contributed by atoms with van der Waals surface area (Å²) in [5, 5.41) is 4.55. The van der Waals surface area contributed by atoms with Crippen LogP contribution in [0.25, 0.3) is 21.5 Å². The smallest absolute Gasteiger partial charge is 0.523 e. The first kappa shape index (κ1) is 29.8. The van der Waals surface area contributed by atoms with Gasteiger partial charge in [-0.1, -0.05) is 101 Å². The molecule has 2 aromatic heterocycles. The van der Waals surface area contributed by atoms with E-state index in [1.54, 1.807) is 12.1 Å². The molecule has 0 aliphatic carbocycles. The molecule has 6 heterocycles. The van der Waals surface area contributed by atoms with Crippen molar-refractivity contribution in [1.29, 1.82) is 0 Å². The Morgan fingerprint density at radius 2 is 1.32 bits per heavy atom. The number of esters is 1. The quantitative estimate of drug-likeness (QED) is 0.0545. The van der Waals surface area contributed by atoms with Gasteiger partial charge in [0.2, 0.25) is 0 Å². The number of unbranched alkanes of at least 4 members (excludes halogenated alkanes) is 1. The average Bonchev–Trinajstić information content (AvgIpc) is 3.93. The van der Waals surface area contributed by atoms with Crippen LogP contribution in [-0.2, 0) is 4.79 Å². The second kappa shape index (κ2) is 12.1. The van der Waals surface area contributed by atoms with E-state index in [1.165, 1.54) is 12.2 Å². The molecule has 1 unspecified atom stereocenters. The molecule has 0 saturated carbocycles. The van der Waals surface area contributed by atoms with E-state index in [4.69, 9.17) is 29.4 Å². The minimum Gasteiger partial charge on any atom is -0.523 e. The summed E-state index contributed by atoms with van der Waals surface area (Å²) in [4.78, 5) is 33.4. The monoisotopic (exact) mass is 692 g/mol. The molecule has 6 aromatic rings. The minimum atomic E-state index is -0.721. The van der Waals surface area contributed by atoms with Crippen molar-refractivity contribution in [3.63, 3.8) is 0 Å². The molecule has 9 nitrogen and oxygen atoms in total. The Kier molecular flexibility index (Phi) is 7.19. The highest BCUT2D eigenvalue weighted by molar-refractivity contribution is 8.77. The Morgan fingerprint density at radius 1 is 0.700 bits per heavy atom. The maximum atomic E-state index is 12.7. The number of benzene rings is 4. The summed E-state index contributed by atoms with van der Waals surface area (Å²) >= 11 is 0. The van der Waals surface area contributed by atoms with Crippen molar-refractivity contribution < 1.29 is 14.2 Å². The summed E-state index contributed by atoms with van der Waals surface area (Å²) in [6.45, 7) is 0. The summed E-state index contributed by atoms with van der Waals surface area (Å²) in [7, 11) is 3.22. The van der Waals surface area contributed by atoms with Crippen molar-refractivity contribution in [2.75, 3.05) is 5.75 Å².